The molecule has 4 heterocycles. The number of methoxy groups -OCH3 is 2. The highest BCUT2D eigenvalue weighted by Gasteiger charge is 2.64. The number of benzene rings is 2. The second-order valence-electron chi connectivity index (χ2n) is 23.4. The van der Waals surface area contributed by atoms with E-state index >= 15 is 0 Å². The van der Waals surface area contributed by atoms with Crippen LogP contribution in [0.4, 0.5) is 10.5 Å². The second-order valence-corrected chi connectivity index (χ2v) is 23.8. The molecule has 462 valence electrons. The first-order valence-corrected chi connectivity index (χ1v) is 29.3. The van der Waals surface area contributed by atoms with Crippen LogP contribution in [0, 0.1) is 17.8 Å². The molecule has 0 saturated carbocycles. The number of aliphatic hydroxyl groups is 1. The molecule has 2 aromatic carbocycles. The summed E-state index contributed by atoms with van der Waals surface area (Å²) >= 11 is 6.88. The number of esters is 2. The van der Waals surface area contributed by atoms with Crippen LogP contribution in [-0.2, 0) is 65.4 Å². The van der Waals surface area contributed by atoms with Crippen LogP contribution in [0.25, 0.3) is 10.9 Å². The average molecular weight is 1200 g/mol. The highest BCUT2D eigenvalue weighted by molar-refractivity contribution is 6.35. The number of halogens is 1. The number of carbonyl (C=O) groups is 9. The first-order valence-electron chi connectivity index (χ1n) is 28.9. The van der Waals surface area contributed by atoms with Gasteiger partial charge in [0.15, 0.2) is 5.78 Å². The number of aromatic nitrogens is 1. The number of pyridine rings is 1. The van der Waals surface area contributed by atoms with Gasteiger partial charge in [0.1, 0.15) is 57.9 Å². The van der Waals surface area contributed by atoms with Crippen molar-refractivity contribution < 1.29 is 71.9 Å². The number of urea groups is 1. The van der Waals surface area contributed by atoms with Crippen molar-refractivity contribution >= 4 is 81.2 Å². The minimum Gasteiger partial charge on any atom is -0.495 e. The van der Waals surface area contributed by atoms with Crippen LogP contribution in [0.3, 0.4) is 0 Å². The van der Waals surface area contributed by atoms with E-state index in [1.807, 2.05) is 26.8 Å². The monoisotopic (exact) mass is 1200 g/mol. The van der Waals surface area contributed by atoms with Crippen molar-refractivity contribution in [3.8, 4) is 5.75 Å². The number of hydrogen-bond donors (Lipinski definition) is 4. The number of rotatable bonds is 23. The number of likely N-dealkylation sites (N-methyl/N-ethyl adjacent to an activating group) is 1. The van der Waals surface area contributed by atoms with E-state index in [-0.39, 0.29) is 90.9 Å². The molecule has 85 heavy (non-hydrogen) atoms. The summed E-state index contributed by atoms with van der Waals surface area (Å²) in [5, 5.41) is 18.1. The lowest BCUT2D eigenvalue weighted by molar-refractivity contribution is -0.187. The van der Waals surface area contributed by atoms with E-state index < -0.39 is 102 Å². The normalized spacial score (nSPS) is 24.6. The van der Waals surface area contributed by atoms with Crippen LogP contribution in [0.5, 0.6) is 5.75 Å². The number of Topliss-reactive ketones (excluding diaryl/α,β-unsaturated/α-hetero) is 3. The summed E-state index contributed by atoms with van der Waals surface area (Å²) in [6.45, 7) is 12.1. The first kappa shape index (κ1) is 67.1. The smallest absolute Gasteiger partial charge is 0.328 e. The topological polar surface area (TPSA) is 293 Å². The number of carbonyl (C=O) groups excluding carboxylic acids is 9. The van der Waals surface area contributed by atoms with E-state index in [1.165, 1.54) is 57.2 Å². The molecule has 3 aliphatic heterocycles. The van der Waals surface area contributed by atoms with Gasteiger partial charge >= 0.3 is 18.0 Å². The maximum Gasteiger partial charge on any atom is 0.328 e. The molecule has 3 aromatic rings. The number of fused-ring (bicyclic) bond motifs is 6. The Kier molecular flexibility index (Phi) is 23.2. The number of epoxide rings is 1. The van der Waals surface area contributed by atoms with Crippen LogP contribution in [0.2, 0.25) is 5.02 Å². The molecule has 1 aromatic heterocycles. The number of allylic oxidation sites excluding steroid dienone is 3. The van der Waals surface area contributed by atoms with E-state index in [1.54, 1.807) is 63.4 Å². The number of nitrogens with zero attached hydrogens (tertiary/aromatic N) is 3. The van der Waals surface area contributed by atoms with E-state index in [9.17, 15) is 48.3 Å². The van der Waals surface area contributed by atoms with Crippen molar-refractivity contribution in [1.29, 1.82) is 0 Å². The van der Waals surface area contributed by atoms with Gasteiger partial charge in [-0.3, -0.25) is 33.8 Å². The highest BCUT2D eigenvalue weighted by atomic mass is 35.5. The van der Waals surface area contributed by atoms with Crippen molar-refractivity contribution in [2.24, 2.45) is 23.5 Å². The number of ketones is 3. The van der Waals surface area contributed by atoms with Crippen molar-refractivity contribution in [2.45, 2.75) is 173 Å². The van der Waals surface area contributed by atoms with Gasteiger partial charge in [0, 0.05) is 83.3 Å². The maximum atomic E-state index is 14.6. The zero-order chi connectivity index (χ0) is 62.7. The Labute approximate surface area is 502 Å². The van der Waals surface area contributed by atoms with Crippen molar-refractivity contribution in [3.05, 3.63) is 88.1 Å². The number of hydrogen-bond acceptors (Lipinski definition) is 16. The molecular formula is C63H83ClN6O15. The van der Waals surface area contributed by atoms with Gasteiger partial charge < -0.3 is 59.8 Å². The van der Waals surface area contributed by atoms with Gasteiger partial charge in [-0.15, -0.1) is 0 Å². The fourth-order valence-electron chi connectivity index (χ4n) is 11.3. The highest BCUT2D eigenvalue weighted by Crippen LogP contribution is 2.50. The number of nitrogens with two attached hydrogens (primary N) is 1. The zero-order valence-electron chi connectivity index (χ0n) is 50.6. The molecule has 0 spiro atoms. The van der Waals surface area contributed by atoms with Gasteiger partial charge in [-0.25, -0.2) is 9.59 Å². The summed E-state index contributed by atoms with van der Waals surface area (Å²) in [7, 11) is 5.86. The van der Waals surface area contributed by atoms with Gasteiger partial charge in [0.2, 0.25) is 11.8 Å². The largest absolute Gasteiger partial charge is 0.495 e. The number of ether oxygens (including phenoxy) is 5. The predicted molar refractivity (Wildman–Crippen MR) is 318 cm³/mol. The lowest BCUT2D eigenvalue weighted by atomic mass is 9.78. The molecule has 10 atom stereocenters. The van der Waals surface area contributed by atoms with Crippen molar-refractivity contribution in [2.75, 3.05) is 39.8 Å². The maximum absolute atomic E-state index is 14.6. The quantitative estimate of drug-likeness (QED) is 0.0420. The second kappa shape index (κ2) is 29.3. The molecule has 22 heteroatoms. The summed E-state index contributed by atoms with van der Waals surface area (Å²) in [5.74, 6) is -4.92. The van der Waals surface area contributed by atoms with Crippen LogP contribution in [0.15, 0.2) is 66.4 Å². The summed E-state index contributed by atoms with van der Waals surface area (Å²) in [5.41, 5.74) is 5.04. The van der Waals surface area contributed by atoms with Crippen LogP contribution in [0.1, 0.15) is 134 Å². The first-order chi connectivity index (χ1) is 40.1. The summed E-state index contributed by atoms with van der Waals surface area (Å²) < 4.78 is 29.9. The third kappa shape index (κ3) is 16.9. The zero-order valence-corrected chi connectivity index (χ0v) is 51.4. The molecule has 6 rings (SSSR count). The minimum atomic E-state index is -1.67. The molecule has 3 aliphatic rings. The minimum absolute atomic E-state index is 0.0196. The third-order valence-electron chi connectivity index (χ3n) is 16.7. The molecule has 2 fully saturated rings. The van der Waals surface area contributed by atoms with Gasteiger partial charge in [0.05, 0.1) is 48.9 Å². The molecule has 2 saturated heterocycles. The van der Waals surface area contributed by atoms with E-state index in [2.05, 4.69) is 15.6 Å². The summed E-state index contributed by atoms with van der Waals surface area (Å²) in [6, 6.07) is 6.91. The SMILES string of the molecule is COc1cc2cc(c1Cl)N(C)C(=O)C[C@H](OC(=O)[C@H](C)N(C)C(=O)c1ccc(CC(=O)[C@H](CCCNC(N)=O)NC(=O)[C@@H](CC(=O)CCCCC(C)=O)C(C)C)c3cccnc13)[C@]1(C)O[C@H]1[C@H](C)[C@@H]1C[C@@](O)(CC(=O)O1)[C@H](OC)/C=C/C=C(\C)C2. The molecule has 4 bridgehead atoms. The standard InChI is InChI=1S/C63H83ClN6O15/c1-35(2)45(31-42(72)19-13-12-18-37(4)71)58(76)68-46(21-16-26-67-61(65)79)48(73)30-41-23-24-44(56-43(41)20-15-25-66-56)59(77)69(8)39(6)60(78)84-52-32-53(74)70(9)47-28-40(29-49(81-10)55(47)64)27-36(3)17-14-22-51(82-11)63(80)33-50(83-54(75)34-63)38(5)57-62(52,7)85-57/h14-15,17,20,22-25,28-29,35,38-39,45-46,50-52,57,80H,12-13,16,18-19,21,26-27,30-34H2,1-11H3,(H,68,76)(H3,65,67,79)/b22-14+,36-17+/t38-,39+,45+,46+,50+,51-,52+,57+,62+,63-/m1/s1. The number of amides is 5. The lowest BCUT2D eigenvalue weighted by Gasteiger charge is -2.41. The Bertz CT molecular complexity index is 3070. The van der Waals surface area contributed by atoms with E-state index in [0.717, 1.165) is 11.1 Å². The van der Waals surface area contributed by atoms with Crippen LogP contribution in [-0.4, -0.2) is 151 Å². The number of unbranched alkanes of at least 4 members (excludes halogenated alkanes) is 1. The Balaban J connectivity index is 1.25. The Morgan fingerprint density at radius 2 is 1.75 bits per heavy atom. The van der Waals surface area contributed by atoms with Crippen molar-refractivity contribution in [3.63, 3.8) is 0 Å². The molecule has 0 aliphatic carbocycles. The van der Waals surface area contributed by atoms with Crippen LogP contribution >= 0.6 is 11.6 Å². The van der Waals surface area contributed by atoms with Gasteiger partial charge in [0.25, 0.3) is 5.91 Å². The number of nitrogens with one attached hydrogen (secondary N) is 2. The predicted octanol–water partition coefficient (Wildman–Crippen LogP) is 7.05. The Morgan fingerprint density at radius 1 is 1.04 bits per heavy atom. The van der Waals surface area contributed by atoms with E-state index in [4.69, 9.17) is 41.0 Å². The lowest BCUT2D eigenvalue weighted by Crippen LogP contribution is -2.53. The molecular weight excluding hydrogens is 1120 g/mol. The van der Waals surface area contributed by atoms with Crippen LogP contribution < -0.4 is 26.0 Å². The fraction of sp³-hybridized carbons (Fsp3) is 0.556. The number of anilines is 1. The van der Waals surface area contributed by atoms with Gasteiger partial charge in [-0.05, 0) is 101 Å². The molecule has 21 nitrogen and oxygen atoms in total. The van der Waals surface area contributed by atoms with Gasteiger partial charge in [-0.1, -0.05) is 68.3 Å². The Hall–Kier alpha value is -7.07. The average Bonchev–Trinajstić information content (AvgIpc) is 1.80. The molecule has 0 unspecified atom stereocenters. The fourth-order valence-corrected chi connectivity index (χ4v) is 11.6. The third-order valence-corrected chi connectivity index (χ3v) is 17.0. The van der Waals surface area contributed by atoms with Crippen molar-refractivity contribution in [1.82, 2.24) is 20.5 Å². The van der Waals surface area contributed by atoms with E-state index in [0.29, 0.717) is 48.1 Å². The molecule has 5 N–H and O–H groups in total. The summed E-state index contributed by atoms with van der Waals surface area (Å²) in [6.07, 6.45) is 4.37. The Morgan fingerprint density at radius 3 is 2.42 bits per heavy atom. The summed E-state index contributed by atoms with van der Waals surface area (Å²) in [4.78, 5) is 128. The number of primary amides is 1. The molecule has 5 amide bonds. The van der Waals surface area contributed by atoms with Gasteiger partial charge in [-0.2, -0.15) is 0 Å². The molecule has 0 radical (unpaired) electrons.